The maximum absolute atomic E-state index is 12.7. The Kier molecular flexibility index (Phi) is 3.62. The number of carbonyl (C=O) groups excluding carboxylic acids is 1. The molecule has 1 aliphatic rings. The Morgan fingerprint density at radius 2 is 2.19 bits per heavy atom. The molecule has 3 heterocycles. The standard InChI is InChI=1S/C14H14BrNO3S2/c1-14(2)7(13(18)19)3-4-16(14)12(17)10-5-9-11(21-10)8(15)6-20-9/h5-7H,3-4H2,1-2H3,(H,18,19). The molecule has 7 heteroatoms. The van der Waals surface area contributed by atoms with Gasteiger partial charge in [0.2, 0.25) is 0 Å². The van der Waals surface area contributed by atoms with Crippen molar-refractivity contribution in [2.75, 3.05) is 6.54 Å². The monoisotopic (exact) mass is 387 g/mol. The normalized spacial score (nSPS) is 21.1. The predicted molar refractivity (Wildman–Crippen MR) is 88.3 cm³/mol. The molecule has 1 N–H and O–H groups in total. The lowest BCUT2D eigenvalue weighted by Gasteiger charge is -2.34. The Morgan fingerprint density at radius 1 is 1.48 bits per heavy atom. The van der Waals surface area contributed by atoms with Crippen LogP contribution in [0.5, 0.6) is 0 Å². The Bertz CT molecular complexity index is 734. The number of thiophene rings is 2. The molecule has 21 heavy (non-hydrogen) atoms. The number of carboxylic acid groups (broad SMARTS) is 1. The van der Waals surface area contributed by atoms with Gasteiger partial charge in [-0.05, 0) is 42.3 Å². The van der Waals surface area contributed by atoms with Crippen LogP contribution in [0.15, 0.2) is 15.9 Å². The lowest BCUT2D eigenvalue weighted by atomic mass is 9.88. The highest BCUT2D eigenvalue weighted by atomic mass is 79.9. The Hall–Kier alpha value is -0.920. The SMILES string of the molecule is CC1(C)C(C(=O)O)CCN1C(=O)c1cc2scc(Br)c2s1. The summed E-state index contributed by atoms with van der Waals surface area (Å²) >= 11 is 6.54. The second-order valence-corrected chi connectivity index (χ2v) is 8.50. The van der Waals surface area contributed by atoms with Crippen molar-refractivity contribution >= 4 is 59.9 Å². The third kappa shape index (κ3) is 2.31. The zero-order valence-corrected chi connectivity index (χ0v) is 14.8. The molecule has 1 saturated heterocycles. The zero-order valence-electron chi connectivity index (χ0n) is 11.6. The average molecular weight is 388 g/mol. The fraction of sp³-hybridized carbons (Fsp3) is 0.429. The van der Waals surface area contributed by atoms with Crippen molar-refractivity contribution in [1.29, 1.82) is 0 Å². The Balaban J connectivity index is 1.93. The van der Waals surface area contributed by atoms with Crippen LogP contribution >= 0.6 is 38.6 Å². The molecular formula is C14H14BrNO3S2. The lowest BCUT2D eigenvalue weighted by Crippen LogP contribution is -2.47. The smallest absolute Gasteiger partial charge is 0.308 e. The van der Waals surface area contributed by atoms with Crippen LogP contribution in [0.1, 0.15) is 29.9 Å². The van der Waals surface area contributed by atoms with Crippen LogP contribution in [0.25, 0.3) is 9.40 Å². The molecule has 1 atom stereocenters. The highest BCUT2D eigenvalue weighted by molar-refractivity contribution is 9.10. The summed E-state index contributed by atoms with van der Waals surface area (Å²) in [5, 5.41) is 11.3. The van der Waals surface area contributed by atoms with Crippen molar-refractivity contribution in [3.05, 3.63) is 20.8 Å². The summed E-state index contributed by atoms with van der Waals surface area (Å²) in [6.07, 6.45) is 0.511. The second kappa shape index (κ2) is 5.07. The molecule has 0 radical (unpaired) electrons. The number of nitrogens with zero attached hydrogens (tertiary/aromatic N) is 1. The molecule has 0 aromatic carbocycles. The molecule has 0 bridgehead atoms. The van der Waals surface area contributed by atoms with Crippen LogP contribution < -0.4 is 0 Å². The highest BCUT2D eigenvalue weighted by Crippen LogP contribution is 2.40. The summed E-state index contributed by atoms with van der Waals surface area (Å²) in [6.45, 7) is 4.17. The van der Waals surface area contributed by atoms with Crippen molar-refractivity contribution in [2.24, 2.45) is 5.92 Å². The molecule has 1 aliphatic heterocycles. The van der Waals surface area contributed by atoms with Gasteiger partial charge in [0.1, 0.15) is 0 Å². The summed E-state index contributed by atoms with van der Waals surface area (Å²) in [5.74, 6) is -1.40. The fourth-order valence-electron chi connectivity index (χ4n) is 2.91. The van der Waals surface area contributed by atoms with Gasteiger partial charge in [0.05, 0.1) is 21.0 Å². The first-order valence-electron chi connectivity index (χ1n) is 6.53. The fourth-order valence-corrected chi connectivity index (χ4v) is 5.86. The van der Waals surface area contributed by atoms with Gasteiger partial charge in [-0.25, -0.2) is 0 Å². The van der Waals surface area contributed by atoms with E-state index in [2.05, 4.69) is 15.9 Å². The summed E-state index contributed by atoms with van der Waals surface area (Å²) < 4.78 is 3.17. The minimum Gasteiger partial charge on any atom is -0.481 e. The number of likely N-dealkylation sites (tertiary alicyclic amines) is 1. The molecule has 3 rings (SSSR count). The number of rotatable bonds is 2. The van der Waals surface area contributed by atoms with Gasteiger partial charge in [0.15, 0.2) is 0 Å². The number of fused-ring (bicyclic) bond motifs is 1. The highest BCUT2D eigenvalue weighted by Gasteiger charge is 2.47. The number of carboxylic acids is 1. The number of aliphatic carboxylic acids is 1. The van der Waals surface area contributed by atoms with E-state index in [1.807, 2.05) is 25.3 Å². The zero-order chi connectivity index (χ0) is 15.4. The van der Waals surface area contributed by atoms with Crippen molar-refractivity contribution in [1.82, 2.24) is 4.90 Å². The van der Waals surface area contributed by atoms with E-state index < -0.39 is 17.4 Å². The summed E-state index contributed by atoms with van der Waals surface area (Å²) in [5.41, 5.74) is -0.655. The van der Waals surface area contributed by atoms with Gasteiger partial charge in [-0.2, -0.15) is 0 Å². The van der Waals surface area contributed by atoms with Gasteiger partial charge in [-0.1, -0.05) is 0 Å². The van der Waals surface area contributed by atoms with Crippen LogP contribution in [0.4, 0.5) is 0 Å². The number of halogens is 1. The summed E-state index contributed by atoms with van der Waals surface area (Å²) in [7, 11) is 0. The van der Waals surface area contributed by atoms with Crippen molar-refractivity contribution in [3.8, 4) is 0 Å². The summed E-state index contributed by atoms with van der Waals surface area (Å²) in [6, 6.07) is 1.90. The first-order chi connectivity index (χ1) is 9.82. The van der Waals surface area contributed by atoms with E-state index in [-0.39, 0.29) is 5.91 Å². The molecule has 4 nitrogen and oxygen atoms in total. The van der Waals surface area contributed by atoms with Crippen LogP contribution in [0.2, 0.25) is 0 Å². The number of hydrogen-bond donors (Lipinski definition) is 1. The van der Waals surface area contributed by atoms with Crippen LogP contribution in [-0.2, 0) is 4.79 Å². The molecule has 2 aromatic heterocycles. The number of amides is 1. The van der Waals surface area contributed by atoms with E-state index in [1.165, 1.54) is 11.3 Å². The third-order valence-corrected chi connectivity index (χ3v) is 7.55. The van der Waals surface area contributed by atoms with E-state index >= 15 is 0 Å². The minimum absolute atomic E-state index is 0.0657. The molecular weight excluding hydrogens is 374 g/mol. The van der Waals surface area contributed by atoms with Gasteiger partial charge in [0.25, 0.3) is 5.91 Å². The van der Waals surface area contributed by atoms with Gasteiger partial charge in [-0.3, -0.25) is 9.59 Å². The van der Waals surface area contributed by atoms with Crippen LogP contribution in [-0.4, -0.2) is 34.0 Å². The lowest BCUT2D eigenvalue weighted by molar-refractivity contribution is -0.143. The quantitative estimate of drug-likeness (QED) is 0.845. The molecule has 2 aromatic rings. The van der Waals surface area contributed by atoms with Crippen molar-refractivity contribution in [2.45, 2.75) is 25.8 Å². The molecule has 1 amide bonds. The molecule has 0 saturated carbocycles. The van der Waals surface area contributed by atoms with Crippen molar-refractivity contribution < 1.29 is 14.7 Å². The molecule has 1 unspecified atom stereocenters. The van der Waals surface area contributed by atoms with Crippen molar-refractivity contribution in [3.63, 3.8) is 0 Å². The molecule has 1 fully saturated rings. The Labute approximate surface area is 138 Å². The largest absolute Gasteiger partial charge is 0.481 e. The van der Waals surface area contributed by atoms with Gasteiger partial charge >= 0.3 is 5.97 Å². The van der Waals surface area contributed by atoms with Gasteiger partial charge < -0.3 is 10.0 Å². The minimum atomic E-state index is -0.829. The van der Waals surface area contributed by atoms with E-state index in [4.69, 9.17) is 0 Å². The molecule has 112 valence electrons. The number of hydrogen-bond acceptors (Lipinski definition) is 4. The topological polar surface area (TPSA) is 57.6 Å². The van der Waals surface area contributed by atoms with E-state index in [0.717, 1.165) is 13.9 Å². The maximum atomic E-state index is 12.7. The molecule has 0 spiro atoms. The molecule has 0 aliphatic carbocycles. The second-order valence-electron chi connectivity index (χ2n) is 5.68. The first kappa shape index (κ1) is 15.0. The maximum Gasteiger partial charge on any atom is 0.308 e. The van der Waals surface area contributed by atoms with E-state index in [9.17, 15) is 14.7 Å². The third-order valence-electron chi connectivity index (χ3n) is 4.15. The predicted octanol–water partition coefficient (Wildman–Crippen LogP) is 4.05. The average Bonchev–Trinajstić information content (AvgIpc) is 3.03. The van der Waals surface area contributed by atoms with Crippen LogP contribution in [0, 0.1) is 5.92 Å². The van der Waals surface area contributed by atoms with Crippen LogP contribution in [0.3, 0.4) is 0 Å². The van der Waals surface area contributed by atoms with Gasteiger partial charge in [0, 0.05) is 21.1 Å². The Morgan fingerprint density at radius 3 is 2.76 bits per heavy atom. The van der Waals surface area contributed by atoms with E-state index in [0.29, 0.717) is 17.8 Å². The van der Waals surface area contributed by atoms with Gasteiger partial charge in [-0.15, -0.1) is 22.7 Å². The first-order valence-corrected chi connectivity index (χ1v) is 9.02. The van der Waals surface area contributed by atoms with E-state index in [1.54, 1.807) is 16.2 Å². The summed E-state index contributed by atoms with van der Waals surface area (Å²) in [4.78, 5) is 26.4. The number of carbonyl (C=O) groups is 2.